The summed E-state index contributed by atoms with van der Waals surface area (Å²) < 4.78 is 27.8. The zero-order valence-corrected chi connectivity index (χ0v) is 17.5. The summed E-state index contributed by atoms with van der Waals surface area (Å²) in [5.74, 6) is 0. The Morgan fingerprint density at radius 1 is 0.963 bits per heavy atom. The van der Waals surface area contributed by atoms with Crippen LogP contribution in [0.5, 0.6) is 0 Å². The van der Waals surface area contributed by atoms with Gasteiger partial charge in [-0.2, -0.15) is 4.31 Å². The Morgan fingerprint density at radius 3 is 2.15 bits per heavy atom. The van der Waals surface area contributed by atoms with E-state index in [-0.39, 0.29) is 11.5 Å². The van der Waals surface area contributed by atoms with Crippen molar-refractivity contribution in [3.05, 3.63) is 65.7 Å². The standard InChI is InChI=1S/C22H30N2O2S/c1-18-16-24(15-14-23(18)17-19-8-6-5-7-9-19)27(25,26)21-12-10-20(11-13-21)22(2,3)4/h5-13,18H,14-17H2,1-4H3. The van der Waals surface area contributed by atoms with Gasteiger partial charge in [-0.25, -0.2) is 8.42 Å². The van der Waals surface area contributed by atoms with E-state index < -0.39 is 10.0 Å². The Kier molecular flexibility index (Phi) is 5.75. The first-order valence-corrected chi connectivity index (χ1v) is 11.0. The van der Waals surface area contributed by atoms with Crippen molar-refractivity contribution in [3.8, 4) is 0 Å². The normalized spacial score (nSPS) is 19.9. The fourth-order valence-electron chi connectivity index (χ4n) is 3.51. The zero-order chi connectivity index (χ0) is 19.7. The van der Waals surface area contributed by atoms with Crippen molar-refractivity contribution < 1.29 is 8.42 Å². The number of rotatable bonds is 4. The monoisotopic (exact) mass is 386 g/mol. The van der Waals surface area contributed by atoms with Gasteiger partial charge in [0.05, 0.1) is 4.90 Å². The van der Waals surface area contributed by atoms with Crippen molar-refractivity contribution in [1.29, 1.82) is 0 Å². The molecule has 5 heteroatoms. The second kappa shape index (κ2) is 7.74. The van der Waals surface area contributed by atoms with Crippen molar-refractivity contribution in [1.82, 2.24) is 9.21 Å². The first-order valence-electron chi connectivity index (χ1n) is 9.56. The van der Waals surface area contributed by atoms with Gasteiger partial charge in [0.2, 0.25) is 10.0 Å². The van der Waals surface area contributed by atoms with Gasteiger partial charge in [0.1, 0.15) is 0 Å². The van der Waals surface area contributed by atoms with E-state index in [0.717, 1.165) is 18.7 Å². The van der Waals surface area contributed by atoms with Crippen LogP contribution in [-0.2, 0) is 22.0 Å². The molecule has 2 aromatic rings. The molecule has 3 rings (SSSR count). The average molecular weight is 387 g/mol. The Bertz CT molecular complexity index is 855. The van der Waals surface area contributed by atoms with Gasteiger partial charge in [0.15, 0.2) is 0 Å². The van der Waals surface area contributed by atoms with E-state index in [1.807, 2.05) is 30.3 Å². The van der Waals surface area contributed by atoms with Crippen molar-refractivity contribution in [2.24, 2.45) is 0 Å². The third-order valence-corrected chi connectivity index (χ3v) is 7.19. The summed E-state index contributed by atoms with van der Waals surface area (Å²) in [6.07, 6.45) is 0. The lowest BCUT2D eigenvalue weighted by molar-refractivity contribution is 0.122. The van der Waals surface area contributed by atoms with Crippen LogP contribution < -0.4 is 0 Å². The number of piperazine rings is 1. The van der Waals surface area contributed by atoms with Crippen LogP contribution in [0.25, 0.3) is 0 Å². The molecule has 1 saturated heterocycles. The van der Waals surface area contributed by atoms with E-state index in [2.05, 4.69) is 44.7 Å². The quantitative estimate of drug-likeness (QED) is 0.801. The minimum absolute atomic E-state index is 0.0138. The maximum atomic E-state index is 13.1. The topological polar surface area (TPSA) is 40.6 Å². The summed E-state index contributed by atoms with van der Waals surface area (Å²) in [7, 11) is -3.45. The van der Waals surface area contributed by atoms with Gasteiger partial charge in [-0.15, -0.1) is 0 Å². The molecule has 1 atom stereocenters. The molecule has 0 saturated carbocycles. The van der Waals surface area contributed by atoms with Gasteiger partial charge in [0.25, 0.3) is 0 Å². The van der Waals surface area contributed by atoms with Crippen LogP contribution in [0.2, 0.25) is 0 Å². The van der Waals surface area contributed by atoms with E-state index in [1.165, 1.54) is 5.56 Å². The maximum Gasteiger partial charge on any atom is 0.243 e. The van der Waals surface area contributed by atoms with E-state index in [4.69, 9.17) is 0 Å². The Balaban J connectivity index is 1.70. The summed E-state index contributed by atoms with van der Waals surface area (Å²) >= 11 is 0. The minimum Gasteiger partial charge on any atom is -0.294 e. The maximum absolute atomic E-state index is 13.1. The van der Waals surface area contributed by atoms with Gasteiger partial charge in [0, 0.05) is 32.2 Å². The number of hydrogen-bond donors (Lipinski definition) is 0. The number of nitrogens with zero attached hydrogens (tertiary/aromatic N) is 2. The first kappa shape index (κ1) is 20.1. The van der Waals surface area contributed by atoms with Crippen LogP contribution in [-0.4, -0.2) is 43.3 Å². The van der Waals surface area contributed by atoms with E-state index >= 15 is 0 Å². The summed E-state index contributed by atoms with van der Waals surface area (Å²) in [5.41, 5.74) is 2.42. The molecule has 0 aromatic heterocycles. The number of hydrogen-bond acceptors (Lipinski definition) is 3. The third-order valence-electron chi connectivity index (χ3n) is 5.31. The van der Waals surface area contributed by atoms with Crippen molar-refractivity contribution in [2.45, 2.75) is 50.6 Å². The fourth-order valence-corrected chi connectivity index (χ4v) is 5.02. The average Bonchev–Trinajstić information content (AvgIpc) is 2.63. The molecule has 0 amide bonds. The predicted molar refractivity (Wildman–Crippen MR) is 110 cm³/mol. The molecule has 1 unspecified atom stereocenters. The Labute approximate surface area is 163 Å². The van der Waals surface area contributed by atoms with Gasteiger partial charge in [-0.3, -0.25) is 4.90 Å². The zero-order valence-electron chi connectivity index (χ0n) is 16.7. The molecule has 1 aliphatic rings. The Morgan fingerprint density at radius 2 is 1.59 bits per heavy atom. The third kappa shape index (κ3) is 4.60. The molecule has 27 heavy (non-hydrogen) atoms. The molecule has 0 radical (unpaired) electrons. The van der Waals surface area contributed by atoms with Crippen molar-refractivity contribution in [2.75, 3.05) is 19.6 Å². The summed E-state index contributed by atoms with van der Waals surface area (Å²) in [6.45, 7) is 11.1. The van der Waals surface area contributed by atoms with E-state index in [9.17, 15) is 8.42 Å². The van der Waals surface area contributed by atoms with Gasteiger partial charge < -0.3 is 0 Å². The summed E-state index contributed by atoms with van der Waals surface area (Å²) in [4.78, 5) is 2.74. The molecule has 0 N–H and O–H groups in total. The molecular formula is C22H30N2O2S. The molecule has 1 fully saturated rings. The summed E-state index contributed by atoms with van der Waals surface area (Å²) in [6, 6.07) is 17.9. The second-order valence-electron chi connectivity index (χ2n) is 8.44. The smallest absolute Gasteiger partial charge is 0.243 e. The SMILES string of the molecule is CC1CN(S(=O)(=O)c2ccc(C(C)(C)C)cc2)CCN1Cc1ccccc1. The molecule has 1 aliphatic heterocycles. The fraction of sp³-hybridized carbons (Fsp3) is 0.455. The van der Waals surface area contributed by atoms with Gasteiger partial charge in [-0.05, 0) is 35.6 Å². The van der Waals surface area contributed by atoms with Crippen molar-refractivity contribution in [3.63, 3.8) is 0 Å². The van der Waals surface area contributed by atoms with Crippen LogP contribution in [0, 0.1) is 0 Å². The Hall–Kier alpha value is -1.69. The van der Waals surface area contributed by atoms with Crippen molar-refractivity contribution >= 4 is 10.0 Å². The van der Waals surface area contributed by atoms with Gasteiger partial charge in [-0.1, -0.05) is 63.2 Å². The number of benzene rings is 2. The van der Waals surface area contributed by atoms with Crippen LogP contribution >= 0.6 is 0 Å². The lowest BCUT2D eigenvalue weighted by atomic mass is 9.87. The highest BCUT2D eigenvalue weighted by Crippen LogP contribution is 2.26. The molecule has 146 valence electrons. The highest BCUT2D eigenvalue weighted by molar-refractivity contribution is 7.89. The molecule has 0 aliphatic carbocycles. The molecule has 1 heterocycles. The predicted octanol–water partition coefficient (Wildman–Crippen LogP) is 3.88. The molecular weight excluding hydrogens is 356 g/mol. The molecule has 2 aromatic carbocycles. The van der Waals surface area contributed by atoms with Crippen LogP contribution in [0.15, 0.2) is 59.5 Å². The number of sulfonamides is 1. The molecule has 0 spiro atoms. The van der Waals surface area contributed by atoms with Crippen LogP contribution in [0.1, 0.15) is 38.8 Å². The highest BCUT2D eigenvalue weighted by Gasteiger charge is 2.32. The van der Waals surface area contributed by atoms with Crippen LogP contribution in [0.4, 0.5) is 0 Å². The van der Waals surface area contributed by atoms with Gasteiger partial charge >= 0.3 is 0 Å². The van der Waals surface area contributed by atoms with E-state index in [1.54, 1.807) is 16.4 Å². The second-order valence-corrected chi connectivity index (χ2v) is 10.4. The minimum atomic E-state index is -3.45. The lowest BCUT2D eigenvalue weighted by Gasteiger charge is -2.39. The largest absolute Gasteiger partial charge is 0.294 e. The highest BCUT2D eigenvalue weighted by atomic mass is 32.2. The summed E-state index contributed by atoms with van der Waals surface area (Å²) in [5, 5.41) is 0. The van der Waals surface area contributed by atoms with Crippen LogP contribution in [0.3, 0.4) is 0 Å². The van der Waals surface area contributed by atoms with E-state index in [0.29, 0.717) is 18.0 Å². The lowest BCUT2D eigenvalue weighted by Crippen LogP contribution is -2.53. The molecule has 4 nitrogen and oxygen atoms in total. The first-order chi connectivity index (χ1) is 12.7. The molecule has 0 bridgehead atoms.